The number of anilines is 1. The first-order valence-electron chi connectivity index (χ1n) is 9.85. The average molecular weight is 460 g/mol. The summed E-state index contributed by atoms with van der Waals surface area (Å²) in [5.41, 5.74) is 0.839. The predicted molar refractivity (Wildman–Crippen MR) is 126 cm³/mol. The van der Waals surface area contributed by atoms with Gasteiger partial charge in [-0.25, -0.2) is 4.39 Å². The zero-order chi connectivity index (χ0) is 23.4. The third-order valence-corrected chi connectivity index (χ3v) is 5.71. The Morgan fingerprint density at radius 3 is 2.76 bits per heavy atom. The first-order valence-corrected chi connectivity index (χ1v) is 10.7. The fraction of sp³-hybridized carbons (Fsp3) is 0.0800. The molecule has 1 N–H and O–H groups in total. The Morgan fingerprint density at radius 1 is 1.15 bits per heavy atom. The normalized spacial score (nSPS) is 14.5. The molecular formula is C25H17FN2O4S. The number of hydrogen-bond acceptors (Lipinski definition) is 5. The second-order valence-corrected chi connectivity index (χ2v) is 8.01. The Morgan fingerprint density at radius 2 is 1.97 bits per heavy atom. The highest BCUT2D eigenvalue weighted by atomic mass is 32.2. The minimum absolute atomic E-state index is 0.0426. The third kappa shape index (κ3) is 4.89. The van der Waals surface area contributed by atoms with E-state index in [1.807, 2.05) is 30.3 Å². The summed E-state index contributed by atoms with van der Waals surface area (Å²) >= 11 is 0.731. The molecule has 1 aliphatic rings. The molecule has 4 rings (SSSR count). The van der Waals surface area contributed by atoms with E-state index in [1.165, 1.54) is 18.2 Å². The molecule has 0 spiro atoms. The fourth-order valence-corrected chi connectivity index (χ4v) is 4.17. The summed E-state index contributed by atoms with van der Waals surface area (Å²) in [6.07, 6.45) is 6.89. The van der Waals surface area contributed by atoms with E-state index in [9.17, 15) is 18.8 Å². The van der Waals surface area contributed by atoms with Crippen LogP contribution in [0.25, 0.3) is 16.8 Å². The SMILES string of the molecule is C#CCOc1ccc2ccccc2c1/C=C1/SC(=O)N(CC(=O)Nc2cccc(F)c2)C1=O. The zero-order valence-corrected chi connectivity index (χ0v) is 18.0. The van der Waals surface area contributed by atoms with Crippen molar-refractivity contribution < 1.29 is 23.5 Å². The van der Waals surface area contributed by atoms with Gasteiger partial charge in [-0.1, -0.05) is 42.3 Å². The first kappa shape index (κ1) is 22.1. The van der Waals surface area contributed by atoms with E-state index in [4.69, 9.17) is 11.2 Å². The highest BCUT2D eigenvalue weighted by Crippen LogP contribution is 2.36. The van der Waals surface area contributed by atoms with Gasteiger partial charge in [0.25, 0.3) is 11.1 Å². The molecule has 8 heteroatoms. The molecule has 33 heavy (non-hydrogen) atoms. The Balaban J connectivity index is 1.59. The average Bonchev–Trinajstić information content (AvgIpc) is 3.06. The number of rotatable bonds is 6. The van der Waals surface area contributed by atoms with E-state index >= 15 is 0 Å². The van der Waals surface area contributed by atoms with Crippen molar-refractivity contribution in [1.82, 2.24) is 4.90 Å². The number of fused-ring (bicyclic) bond motifs is 1. The molecule has 0 unspecified atom stereocenters. The summed E-state index contributed by atoms with van der Waals surface area (Å²) in [7, 11) is 0. The summed E-state index contributed by atoms with van der Waals surface area (Å²) < 4.78 is 19.0. The number of benzene rings is 3. The number of thioether (sulfide) groups is 1. The van der Waals surface area contributed by atoms with Crippen LogP contribution in [0, 0.1) is 18.2 Å². The van der Waals surface area contributed by atoms with Crippen molar-refractivity contribution in [2.75, 3.05) is 18.5 Å². The summed E-state index contributed by atoms with van der Waals surface area (Å²) in [5, 5.41) is 3.65. The van der Waals surface area contributed by atoms with Crippen molar-refractivity contribution >= 4 is 51.4 Å². The molecule has 3 amide bonds. The number of imide groups is 1. The predicted octanol–water partition coefficient (Wildman–Crippen LogP) is 4.67. The minimum atomic E-state index is -0.618. The van der Waals surface area contributed by atoms with Crippen LogP contribution < -0.4 is 10.1 Å². The minimum Gasteiger partial charge on any atom is -0.480 e. The van der Waals surface area contributed by atoms with Gasteiger partial charge in [-0.2, -0.15) is 0 Å². The van der Waals surface area contributed by atoms with Gasteiger partial charge in [-0.05, 0) is 52.9 Å². The summed E-state index contributed by atoms with van der Waals surface area (Å²) in [5.74, 6) is 1.15. The highest BCUT2D eigenvalue weighted by molar-refractivity contribution is 8.18. The van der Waals surface area contributed by atoms with Crippen LogP contribution in [0.2, 0.25) is 0 Å². The van der Waals surface area contributed by atoms with Gasteiger partial charge in [0.05, 0.1) is 4.91 Å². The molecule has 164 valence electrons. The van der Waals surface area contributed by atoms with E-state index < -0.39 is 29.4 Å². The van der Waals surface area contributed by atoms with E-state index in [2.05, 4.69) is 11.2 Å². The van der Waals surface area contributed by atoms with Crippen LogP contribution in [0.15, 0.2) is 65.6 Å². The maximum Gasteiger partial charge on any atom is 0.294 e. The fourth-order valence-electron chi connectivity index (χ4n) is 3.35. The van der Waals surface area contributed by atoms with Crippen LogP contribution in [0.5, 0.6) is 5.75 Å². The van der Waals surface area contributed by atoms with E-state index in [1.54, 1.807) is 12.1 Å². The second kappa shape index (κ2) is 9.59. The number of nitrogens with one attached hydrogen (secondary N) is 1. The molecule has 0 saturated carbocycles. The molecule has 3 aromatic carbocycles. The van der Waals surface area contributed by atoms with Crippen LogP contribution in [0.3, 0.4) is 0 Å². The lowest BCUT2D eigenvalue weighted by Crippen LogP contribution is -2.36. The number of amides is 3. The van der Waals surface area contributed by atoms with Gasteiger partial charge in [0.15, 0.2) is 0 Å². The molecule has 0 aliphatic carbocycles. The number of hydrogen-bond donors (Lipinski definition) is 1. The van der Waals surface area contributed by atoms with Crippen LogP contribution in [0.1, 0.15) is 5.56 Å². The molecule has 1 aliphatic heterocycles. The van der Waals surface area contributed by atoms with E-state index in [0.717, 1.165) is 33.5 Å². The largest absolute Gasteiger partial charge is 0.480 e. The molecular weight excluding hydrogens is 443 g/mol. The lowest BCUT2D eigenvalue weighted by atomic mass is 10.0. The van der Waals surface area contributed by atoms with Crippen molar-refractivity contribution in [3.63, 3.8) is 0 Å². The number of ether oxygens (including phenoxy) is 1. The van der Waals surface area contributed by atoms with Gasteiger partial charge in [-0.3, -0.25) is 19.3 Å². The molecule has 1 fully saturated rings. The van der Waals surface area contributed by atoms with Crippen LogP contribution in [0.4, 0.5) is 14.9 Å². The Hall–Kier alpha value is -4.09. The Kier molecular flexibility index (Phi) is 6.43. The van der Waals surface area contributed by atoms with Crippen molar-refractivity contribution in [3.8, 4) is 18.1 Å². The number of halogens is 1. The Bertz CT molecular complexity index is 1350. The van der Waals surface area contributed by atoms with Crippen molar-refractivity contribution in [2.24, 2.45) is 0 Å². The number of terminal acetylenes is 1. The molecule has 0 bridgehead atoms. The molecule has 1 heterocycles. The maximum absolute atomic E-state index is 13.3. The van der Waals surface area contributed by atoms with Gasteiger partial charge in [0.2, 0.25) is 5.91 Å². The smallest absolute Gasteiger partial charge is 0.294 e. The lowest BCUT2D eigenvalue weighted by Gasteiger charge is -2.13. The van der Waals surface area contributed by atoms with Gasteiger partial charge >= 0.3 is 0 Å². The van der Waals surface area contributed by atoms with Crippen LogP contribution >= 0.6 is 11.8 Å². The molecule has 6 nitrogen and oxygen atoms in total. The first-order chi connectivity index (χ1) is 16.0. The Labute approximate surface area is 193 Å². The number of carbonyl (C=O) groups is 3. The van der Waals surface area contributed by atoms with E-state index in [0.29, 0.717) is 11.3 Å². The van der Waals surface area contributed by atoms with Gasteiger partial charge < -0.3 is 10.1 Å². The van der Waals surface area contributed by atoms with Gasteiger partial charge in [-0.15, -0.1) is 6.42 Å². The maximum atomic E-state index is 13.3. The summed E-state index contributed by atoms with van der Waals surface area (Å²) in [4.78, 5) is 38.7. The third-order valence-electron chi connectivity index (χ3n) is 4.80. The number of nitrogens with zero attached hydrogens (tertiary/aromatic N) is 1. The van der Waals surface area contributed by atoms with Crippen molar-refractivity contribution in [1.29, 1.82) is 0 Å². The van der Waals surface area contributed by atoms with Crippen molar-refractivity contribution in [2.45, 2.75) is 0 Å². The lowest BCUT2D eigenvalue weighted by molar-refractivity contribution is -0.127. The molecule has 0 atom stereocenters. The molecule has 0 aromatic heterocycles. The van der Waals surface area contributed by atoms with Crippen molar-refractivity contribution in [3.05, 3.63) is 76.9 Å². The van der Waals surface area contributed by atoms with Crippen LogP contribution in [-0.4, -0.2) is 35.1 Å². The standard InChI is InChI=1S/C25H17FN2O4S/c1-2-12-32-21-11-10-16-6-3-4-9-19(16)20(21)14-22-24(30)28(25(31)33-22)15-23(29)27-18-8-5-7-17(26)13-18/h1,3-11,13-14H,12,15H2,(H,27,29)/b22-14+. The van der Waals surface area contributed by atoms with E-state index in [-0.39, 0.29) is 17.2 Å². The van der Waals surface area contributed by atoms with Gasteiger partial charge in [0.1, 0.15) is 24.7 Å². The summed E-state index contributed by atoms with van der Waals surface area (Å²) in [6, 6.07) is 16.5. The highest BCUT2D eigenvalue weighted by Gasteiger charge is 2.36. The monoisotopic (exact) mass is 460 g/mol. The van der Waals surface area contributed by atoms with Crippen LogP contribution in [-0.2, 0) is 9.59 Å². The second-order valence-electron chi connectivity index (χ2n) is 7.02. The molecule has 3 aromatic rings. The number of carbonyl (C=O) groups excluding carboxylic acids is 3. The zero-order valence-electron chi connectivity index (χ0n) is 17.2. The summed E-state index contributed by atoms with van der Waals surface area (Å²) in [6.45, 7) is -0.449. The molecule has 0 radical (unpaired) electrons. The topological polar surface area (TPSA) is 75.7 Å². The quantitative estimate of drug-likeness (QED) is 0.428. The molecule has 1 saturated heterocycles. The van der Waals surface area contributed by atoms with Gasteiger partial charge in [0, 0.05) is 11.3 Å².